The van der Waals surface area contributed by atoms with Crippen molar-refractivity contribution in [2.45, 2.75) is 6.43 Å². The summed E-state index contributed by atoms with van der Waals surface area (Å²) in [5, 5.41) is 17.0. The Hall–Kier alpha value is -2.23. The Labute approximate surface area is 81.6 Å². The van der Waals surface area contributed by atoms with Gasteiger partial charge in [-0.2, -0.15) is 5.26 Å². The number of alkyl halides is 2. The zero-order chi connectivity index (χ0) is 11.6. The zero-order valence-corrected chi connectivity index (χ0v) is 7.12. The van der Waals surface area contributed by atoms with Gasteiger partial charge >= 0.3 is 5.97 Å². The zero-order valence-electron chi connectivity index (χ0n) is 7.12. The van der Waals surface area contributed by atoms with Crippen LogP contribution in [0, 0.1) is 11.3 Å². The van der Waals surface area contributed by atoms with E-state index in [4.69, 9.17) is 10.4 Å². The third-order valence-electron chi connectivity index (χ3n) is 1.69. The van der Waals surface area contributed by atoms with E-state index in [9.17, 15) is 18.4 Å². The molecule has 0 spiro atoms. The van der Waals surface area contributed by atoms with Crippen molar-refractivity contribution in [1.29, 1.82) is 5.26 Å². The Kier molecular flexibility index (Phi) is 2.80. The molecule has 1 aromatic rings. The number of nitrogens with one attached hydrogen (secondary N) is 1. The highest BCUT2D eigenvalue weighted by Crippen LogP contribution is 2.23. The summed E-state index contributed by atoms with van der Waals surface area (Å²) in [7, 11) is 0. The molecule has 0 amide bonds. The second-order valence-electron chi connectivity index (χ2n) is 2.54. The van der Waals surface area contributed by atoms with Crippen molar-refractivity contribution in [2.24, 2.45) is 0 Å². The highest BCUT2D eigenvalue weighted by Gasteiger charge is 2.24. The standard InChI is InChI=1S/C8H4F2N2O3/c9-6(10)5-3(1-11)7(13)12-2-4(5)8(14)15/h2,6H,(H,12,13)(H,14,15). The normalized spacial score (nSPS) is 10.0. The van der Waals surface area contributed by atoms with Crippen molar-refractivity contribution >= 4 is 5.97 Å². The van der Waals surface area contributed by atoms with Gasteiger partial charge in [0.15, 0.2) is 0 Å². The summed E-state index contributed by atoms with van der Waals surface area (Å²) in [6.07, 6.45) is -2.54. The number of pyridine rings is 1. The van der Waals surface area contributed by atoms with E-state index >= 15 is 0 Å². The molecule has 0 aromatic carbocycles. The number of nitrogens with zero attached hydrogens (tertiary/aromatic N) is 1. The molecule has 0 bridgehead atoms. The van der Waals surface area contributed by atoms with Gasteiger partial charge in [-0.25, -0.2) is 13.6 Å². The van der Waals surface area contributed by atoms with Gasteiger partial charge in [0.25, 0.3) is 12.0 Å². The molecule has 1 heterocycles. The highest BCUT2D eigenvalue weighted by molar-refractivity contribution is 5.89. The van der Waals surface area contributed by atoms with Crippen LogP contribution in [0.25, 0.3) is 0 Å². The van der Waals surface area contributed by atoms with Gasteiger partial charge in [0, 0.05) is 6.20 Å². The molecular formula is C8H4F2N2O3. The minimum atomic E-state index is -3.19. The Morgan fingerprint density at radius 1 is 1.60 bits per heavy atom. The Balaban J connectivity index is 3.66. The number of aromatic carboxylic acids is 1. The molecule has 0 saturated heterocycles. The van der Waals surface area contributed by atoms with E-state index in [0.717, 1.165) is 0 Å². The number of halogens is 2. The second-order valence-corrected chi connectivity index (χ2v) is 2.54. The molecule has 7 heteroatoms. The average Bonchev–Trinajstić information content (AvgIpc) is 2.16. The number of carboxylic acids is 1. The van der Waals surface area contributed by atoms with Gasteiger partial charge in [0.05, 0.1) is 11.1 Å². The first kappa shape index (κ1) is 10.8. The maximum Gasteiger partial charge on any atom is 0.337 e. The molecule has 1 rings (SSSR count). The quantitative estimate of drug-likeness (QED) is 0.764. The number of rotatable bonds is 2. The number of nitriles is 1. The molecule has 5 nitrogen and oxygen atoms in total. The van der Waals surface area contributed by atoms with Crippen molar-refractivity contribution in [1.82, 2.24) is 4.98 Å². The lowest BCUT2D eigenvalue weighted by Crippen LogP contribution is -2.17. The summed E-state index contributed by atoms with van der Waals surface area (Å²) in [5.74, 6) is -1.63. The average molecular weight is 214 g/mol. The number of H-pyrrole nitrogens is 1. The first-order valence-corrected chi connectivity index (χ1v) is 3.66. The number of aromatic nitrogens is 1. The van der Waals surface area contributed by atoms with Crippen molar-refractivity contribution in [3.05, 3.63) is 33.2 Å². The molecule has 78 valence electrons. The summed E-state index contributed by atoms with van der Waals surface area (Å²) in [6.45, 7) is 0. The molecule has 0 saturated carbocycles. The van der Waals surface area contributed by atoms with Crippen LogP contribution in [-0.4, -0.2) is 16.1 Å². The van der Waals surface area contributed by atoms with Crippen LogP contribution in [0.1, 0.15) is 27.9 Å². The van der Waals surface area contributed by atoms with Crippen LogP contribution in [0.15, 0.2) is 11.0 Å². The lowest BCUT2D eigenvalue weighted by molar-refractivity contribution is 0.0683. The van der Waals surface area contributed by atoms with Gasteiger partial charge < -0.3 is 10.1 Å². The monoisotopic (exact) mass is 214 g/mol. The van der Waals surface area contributed by atoms with Crippen LogP contribution < -0.4 is 5.56 Å². The largest absolute Gasteiger partial charge is 0.478 e. The SMILES string of the molecule is N#Cc1c(C(F)F)c(C(=O)O)c[nH]c1=O. The molecular weight excluding hydrogens is 210 g/mol. The van der Waals surface area contributed by atoms with Gasteiger partial charge in [-0.15, -0.1) is 0 Å². The number of carbonyl (C=O) groups is 1. The van der Waals surface area contributed by atoms with Gasteiger partial charge in [0.1, 0.15) is 11.6 Å². The Morgan fingerprint density at radius 3 is 2.60 bits per heavy atom. The molecule has 0 aliphatic heterocycles. The fourth-order valence-electron chi connectivity index (χ4n) is 1.06. The highest BCUT2D eigenvalue weighted by atomic mass is 19.3. The van der Waals surface area contributed by atoms with Gasteiger partial charge in [-0.1, -0.05) is 0 Å². The minimum absolute atomic E-state index is 0.646. The first-order chi connectivity index (χ1) is 6.99. The van der Waals surface area contributed by atoms with E-state index in [0.29, 0.717) is 6.20 Å². The minimum Gasteiger partial charge on any atom is -0.478 e. The van der Waals surface area contributed by atoms with Crippen LogP contribution in [0.3, 0.4) is 0 Å². The van der Waals surface area contributed by atoms with E-state index in [1.807, 2.05) is 4.98 Å². The predicted octanol–water partition coefficient (Wildman–Crippen LogP) is 0.882. The van der Waals surface area contributed by atoms with E-state index in [1.54, 1.807) is 0 Å². The van der Waals surface area contributed by atoms with Gasteiger partial charge in [0.2, 0.25) is 0 Å². The predicted molar refractivity (Wildman–Crippen MR) is 43.7 cm³/mol. The summed E-state index contributed by atoms with van der Waals surface area (Å²) in [4.78, 5) is 23.4. The van der Waals surface area contributed by atoms with Crippen LogP contribution in [0.4, 0.5) is 8.78 Å². The van der Waals surface area contributed by atoms with E-state index in [1.165, 1.54) is 6.07 Å². The molecule has 2 N–H and O–H groups in total. The van der Waals surface area contributed by atoms with Crippen molar-refractivity contribution < 1.29 is 18.7 Å². The van der Waals surface area contributed by atoms with Crippen LogP contribution >= 0.6 is 0 Å². The molecule has 15 heavy (non-hydrogen) atoms. The maximum absolute atomic E-state index is 12.4. The number of hydrogen-bond acceptors (Lipinski definition) is 3. The maximum atomic E-state index is 12.4. The number of aromatic amines is 1. The number of carboxylic acid groups (broad SMARTS) is 1. The molecule has 0 atom stereocenters. The summed E-state index contributed by atoms with van der Waals surface area (Å²) >= 11 is 0. The lowest BCUT2D eigenvalue weighted by atomic mass is 10.1. The third-order valence-corrected chi connectivity index (χ3v) is 1.69. The second kappa shape index (κ2) is 3.88. The Bertz CT molecular complexity index is 502. The molecule has 0 fully saturated rings. The van der Waals surface area contributed by atoms with Crippen molar-refractivity contribution in [2.75, 3.05) is 0 Å². The van der Waals surface area contributed by atoms with Crippen LogP contribution in [0.2, 0.25) is 0 Å². The molecule has 0 radical (unpaired) electrons. The molecule has 0 aliphatic rings. The van der Waals surface area contributed by atoms with E-state index in [2.05, 4.69) is 0 Å². The van der Waals surface area contributed by atoms with Gasteiger partial charge in [-0.3, -0.25) is 4.79 Å². The summed E-state index contributed by atoms with van der Waals surface area (Å²) in [5.41, 5.74) is -3.72. The molecule has 0 unspecified atom stereocenters. The van der Waals surface area contributed by atoms with E-state index < -0.39 is 34.6 Å². The van der Waals surface area contributed by atoms with E-state index in [-0.39, 0.29) is 0 Å². The fraction of sp³-hybridized carbons (Fsp3) is 0.125. The van der Waals surface area contributed by atoms with Crippen LogP contribution in [0.5, 0.6) is 0 Å². The molecule has 0 aliphatic carbocycles. The first-order valence-electron chi connectivity index (χ1n) is 3.66. The van der Waals surface area contributed by atoms with Crippen LogP contribution in [-0.2, 0) is 0 Å². The topological polar surface area (TPSA) is 93.9 Å². The number of hydrogen-bond donors (Lipinski definition) is 2. The van der Waals surface area contributed by atoms with Crippen molar-refractivity contribution in [3.8, 4) is 6.07 Å². The Morgan fingerprint density at radius 2 is 2.20 bits per heavy atom. The van der Waals surface area contributed by atoms with Gasteiger partial charge in [-0.05, 0) is 0 Å². The fourth-order valence-corrected chi connectivity index (χ4v) is 1.06. The summed E-state index contributed by atoms with van der Waals surface area (Å²) in [6, 6.07) is 1.25. The smallest absolute Gasteiger partial charge is 0.337 e. The van der Waals surface area contributed by atoms with Crippen molar-refractivity contribution in [3.63, 3.8) is 0 Å². The lowest BCUT2D eigenvalue weighted by Gasteiger charge is -2.05. The molecule has 1 aromatic heterocycles. The third kappa shape index (κ3) is 1.83. The summed E-state index contributed by atoms with van der Waals surface area (Å²) < 4.78 is 24.9.